The number of hydrogen-bond donors (Lipinski definition) is 1. The molecule has 32 heavy (non-hydrogen) atoms. The van der Waals surface area contributed by atoms with Gasteiger partial charge in [0.15, 0.2) is 0 Å². The quantitative estimate of drug-likeness (QED) is 0.390. The molecule has 168 valence electrons. The van der Waals surface area contributed by atoms with Crippen molar-refractivity contribution in [3.63, 3.8) is 0 Å². The maximum Gasteiger partial charge on any atom is 0.338 e. The lowest BCUT2D eigenvalue weighted by atomic mass is 9.98. The molecular formula is C24H27N3O5. The molecule has 2 aromatic carbocycles. The molecule has 1 saturated carbocycles. The summed E-state index contributed by atoms with van der Waals surface area (Å²) in [5.41, 5.74) is 1.61. The molecule has 8 heteroatoms. The Bertz CT molecular complexity index is 993. The van der Waals surface area contributed by atoms with Crippen LogP contribution in [0, 0.1) is 10.1 Å². The molecule has 1 amide bonds. The number of nitrogens with zero attached hydrogens (tertiary/aromatic N) is 2. The number of nitrogens with one attached hydrogen (secondary N) is 1. The van der Waals surface area contributed by atoms with Gasteiger partial charge in [-0.2, -0.15) is 0 Å². The maximum atomic E-state index is 12.7. The highest BCUT2D eigenvalue weighted by Gasteiger charge is 2.24. The standard InChI is InChI=1S/C24H27N3O5/c28-23(18-10-13-21(22(16-18)27(30)31)26-14-4-5-15-26)25-19-11-8-17(9-12-19)24(29)32-20-6-2-1-3-7-20/h8-13,16,20H,1-7,14-15H2,(H,25,28). The predicted molar refractivity (Wildman–Crippen MR) is 121 cm³/mol. The Labute approximate surface area is 186 Å². The number of ether oxygens (including phenoxy) is 1. The molecule has 0 atom stereocenters. The van der Waals surface area contributed by atoms with Crippen molar-refractivity contribution in [1.29, 1.82) is 0 Å². The second kappa shape index (κ2) is 9.80. The fraction of sp³-hybridized carbons (Fsp3) is 0.417. The van der Waals surface area contributed by atoms with Crippen molar-refractivity contribution < 1.29 is 19.2 Å². The number of nitro benzene ring substituents is 1. The van der Waals surface area contributed by atoms with Gasteiger partial charge in [-0.15, -0.1) is 0 Å². The highest BCUT2D eigenvalue weighted by Crippen LogP contribution is 2.32. The van der Waals surface area contributed by atoms with Crippen LogP contribution in [0.15, 0.2) is 42.5 Å². The van der Waals surface area contributed by atoms with Gasteiger partial charge in [0.1, 0.15) is 11.8 Å². The Morgan fingerprint density at radius 3 is 2.25 bits per heavy atom. The third kappa shape index (κ3) is 5.07. The first kappa shape index (κ1) is 21.8. The van der Waals surface area contributed by atoms with E-state index >= 15 is 0 Å². The molecule has 0 spiro atoms. The number of amides is 1. The maximum absolute atomic E-state index is 12.7. The number of anilines is 2. The van der Waals surface area contributed by atoms with Gasteiger partial charge in [0.25, 0.3) is 11.6 Å². The number of hydrogen-bond acceptors (Lipinski definition) is 6. The van der Waals surface area contributed by atoms with E-state index in [1.807, 2.05) is 4.90 Å². The minimum atomic E-state index is -0.447. The lowest BCUT2D eigenvalue weighted by molar-refractivity contribution is -0.384. The molecule has 0 aromatic heterocycles. The average Bonchev–Trinajstić information content (AvgIpc) is 3.34. The molecule has 4 rings (SSSR count). The predicted octanol–water partition coefficient (Wildman–Crippen LogP) is 4.94. The summed E-state index contributed by atoms with van der Waals surface area (Å²) in [6, 6.07) is 11.0. The van der Waals surface area contributed by atoms with E-state index in [2.05, 4.69) is 5.32 Å². The molecule has 0 unspecified atom stereocenters. The summed E-state index contributed by atoms with van der Waals surface area (Å²) in [4.78, 5) is 38.1. The molecular weight excluding hydrogens is 410 g/mol. The van der Waals surface area contributed by atoms with Gasteiger partial charge < -0.3 is 15.0 Å². The van der Waals surface area contributed by atoms with Crippen molar-refractivity contribution in [3.8, 4) is 0 Å². The molecule has 1 saturated heterocycles. The summed E-state index contributed by atoms with van der Waals surface area (Å²) >= 11 is 0. The highest BCUT2D eigenvalue weighted by atomic mass is 16.6. The summed E-state index contributed by atoms with van der Waals surface area (Å²) in [6.07, 6.45) is 7.15. The van der Waals surface area contributed by atoms with Gasteiger partial charge >= 0.3 is 5.97 Å². The molecule has 1 N–H and O–H groups in total. The summed E-state index contributed by atoms with van der Waals surface area (Å²) in [5.74, 6) is -0.804. The van der Waals surface area contributed by atoms with Crippen molar-refractivity contribution >= 4 is 28.9 Å². The van der Waals surface area contributed by atoms with E-state index in [4.69, 9.17) is 4.74 Å². The SMILES string of the molecule is O=C(Nc1ccc(C(=O)OC2CCCCC2)cc1)c1ccc(N2CCCC2)c([N+](=O)[O-])c1. The third-order valence-corrected chi connectivity index (χ3v) is 6.09. The largest absolute Gasteiger partial charge is 0.459 e. The minimum absolute atomic E-state index is 0.0186. The molecule has 0 radical (unpaired) electrons. The van der Waals surface area contributed by atoms with Crippen LogP contribution in [0.2, 0.25) is 0 Å². The smallest absolute Gasteiger partial charge is 0.338 e. The topological polar surface area (TPSA) is 102 Å². The fourth-order valence-electron chi connectivity index (χ4n) is 4.33. The Balaban J connectivity index is 1.41. The molecule has 2 fully saturated rings. The van der Waals surface area contributed by atoms with Crippen LogP contribution in [0.3, 0.4) is 0 Å². The third-order valence-electron chi connectivity index (χ3n) is 6.09. The lowest BCUT2D eigenvalue weighted by Crippen LogP contribution is -2.21. The van der Waals surface area contributed by atoms with Crippen LogP contribution >= 0.6 is 0 Å². The van der Waals surface area contributed by atoms with Crippen LogP contribution in [-0.2, 0) is 4.74 Å². The molecule has 2 aliphatic rings. The van der Waals surface area contributed by atoms with Gasteiger partial charge in [-0.05, 0) is 74.9 Å². The van der Waals surface area contributed by atoms with E-state index in [1.165, 1.54) is 12.5 Å². The van der Waals surface area contributed by atoms with Gasteiger partial charge in [-0.25, -0.2) is 4.79 Å². The Hall–Kier alpha value is -3.42. The Morgan fingerprint density at radius 2 is 1.59 bits per heavy atom. The van der Waals surface area contributed by atoms with Gasteiger partial charge in [-0.1, -0.05) is 6.42 Å². The average molecular weight is 437 g/mol. The van der Waals surface area contributed by atoms with E-state index in [0.717, 1.165) is 51.6 Å². The number of rotatable bonds is 6. The van der Waals surface area contributed by atoms with E-state index in [9.17, 15) is 19.7 Å². The normalized spacial score (nSPS) is 16.6. The molecule has 0 bridgehead atoms. The van der Waals surface area contributed by atoms with Crippen molar-refractivity contribution in [2.45, 2.75) is 51.0 Å². The van der Waals surface area contributed by atoms with Crippen LogP contribution in [0.25, 0.3) is 0 Å². The number of benzene rings is 2. The zero-order chi connectivity index (χ0) is 22.5. The van der Waals surface area contributed by atoms with E-state index in [-0.39, 0.29) is 23.3 Å². The first-order chi connectivity index (χ1) is 15.5. The van der Waals surface area contributed by atoms with Crippen LogP contribution < -0.4 is 10.2 Å². The lowest BCUT2D eigenvalue weighted by Gasteiger charge is -2.21. The number of carbonyl (C=O) groups is 2. The zero-order valence-corrected chi connectivity index (χ0v) is 17.9. The van der Waals surface area contributed by atoms with Crippen LogP contribution in [0.4, 0.5) is 17.1 Å². The number of esters is 1. The molecule has 1 aliphatic heterocycles. The molecule has 1 heterocycles. The summed E-state index contributed by atoms with van der Waals surface area (Å²) in [6.45, 7) is 1.56. The van der Waals surface area contributed by atoms with E-state index in [0.29, 0.717) is 16.9 Å². The Kier molecular flexibility index (Phi) is 6.68. The monoisotopic (exact) mass is 437 g/mol. The summed E-state index contributed by atoms with van der Waals surface area (Å²) in [5, 5.41) is 14.3. The first-order valence-electron chi connectivity index (χ1n) is 11.2. The highest BCUT2D eigenvalue weighted by molar-refractivity contribution is 6.05. The van der Waals surface area contributed by atoms with Gasteiger partial charge in [0.05, 0.1) is 10.5 Å². The van der Waals surface area contributed by atoms with Crippen LogP contribution in [-0.4, -0.2) is 36.0 Å². The van der Waals surface area contributed by atoms with Crippen molar-refractivity contribution in [1.82, 2.24) is 0 Å². The van der Waals surface area contributed by atoms with Crippen LogP contribution in [0.5, 0.6) is 0 Å². The summed E-state index contributed by atoms with van der Waals surface area (Å²) in [7, 11) is 0. The van der Waals surface area contributed by atoms with Gasteiger partial charge in [0.2, 0.25) is 0 Å². The second-order valence-electron chi connectivity index (χ2n) is 8.35. The van der Waals surface area contributed by atoms with Gasteiger partial charge in [0, 0.05) is 30.4 Å². The minimum Gasteiger partial charge on any atom is -0.459 e. The van der Waals surface area contributed by atoms with Crippen molar-refractivity contribution in [3.05, 3.63) is 63.7 Å². The first-order valence-corrected chi connectivity index (χ1v) is 11.2. The molecule has 2 aromatic rings. The van der Waals surface area contributed by atoms with Crippen LogP contribution in [0.1, 0.15) is 65.7 Å². The zero-order valence-electron chi connectivity index (χ0n) is 17.9. The second-order valence-corrected chi connectivity index (χ2v) is 8.35. The Morgan fingerprint density at radius 1 is 0.938 bits per heavy atom. The molecule has 1 aliphatic carbocycles. The molecule has 8 nitrogen and oxygen atoms in total. The number of nitro groups is 1. The number of carbonyl (C=O) groups excluding carboxylic acids is 2. The van der Waals surface area contributed by atoms with E-state index in [1.54, 1.807) is 36.4 Å². The van der Waals surface area contributed by atoms with Crippen molar-refractivity contribution in [2.75, 3.05) is 23.3 Å². The van der Waals surface area contributed by atoms with Crippen molar-refractivity contribution in [2.24, 2.45) is 0 Å². The fourth-order valence-corrected chi connectivity index (χ4v) is 4.33. The van der Waals surface area contributed by atoms with Gasteiger partial charge in [-0.3, -0.25) is 14.9 Å². The van der Waals surface area contributed by atoms with E-state index < -0.39 is 10.8 Å². The summed E-state index contributed by atoms with van der Waals surface area (Å²) < 4.78 is 5.56.